The van der Waals surface area contributed by atoms with Gasteiger partial charge in [-0.1, -0.05) is 0 Å². The van der Waals surface area contributed by atoms with Gasteiger partial charge in [-0.2, -0.15) is 0 Å². The van der Waals surface area contributed by atoms with Crippen molar-refractivity contribution in [1.82, 2.24) is 24.9 Å². The number of anilines is 1. The fourth-order valence-corrected chi connectivity index (χ4v) is 2.49. The summed E-state index contributed by atoms with van der Waals surface area (Å²) in [7, 11) is 0. The number of imidazole rings is 1. The van der Waals surface area contributed by atoms with E-state index in [0.29, 0.717) is 17.2 Å². The van der Waals surface area contributed by atoms with Gasteiger partial charge in [0.15, 0.2) is 11.5 Å². The molecule has 1 fully saturated rings. The molecule has 3 N–H and O–H groups in total. The molecular formula is C14H14N6S. The third-order valence-corrected chi connectivity index (χ3v) is 3.76. The third-order valence-electron chi connectivity index (χ3n) is 3.57. The van der Waals surface area contributed by atoms with Gasteiger partial charge >= 0.3 is 0 Å². The van der Waals surface area contributed by atoms with Crippen LogP contribution in [0.15, 0.2) is 24.5 Å². The summed E-state index contributed by atoms with van der Waals surface area (Å²) in [4.78, 5) is 19.4. The SMILES string of the molecule is S=c1nc(NCc2ccncc2)c2[nH]c(C3CC3)nc2[nH]1. The van der Waals surface area contributed by atoms with E-state index in [2.05, 4.69) is 30.2 Å². The van der Waals surface area contributed by atoms with E-state index in [1.165, 1.54) is 12.8 Å². The van der Waals surface area contributed by atoms with Crippen molar-refractivity contribution in [2.45, 2.75) is 25.3 Å². The highest BCUT2D eigenvalue weighted by Crippen LogP contribution is 2.39. The van der Waals surface area contributed by atoms with E-state index < -0.39 is 0 Å². The number of hydrogen-bond donors (Lipinski definition) is 3. The van der Waals surface area contributed by atoms with Crippen LogP contribution in [0, 0.1) is 4.77 Å². The molecule has 0 aromatic carbocycles. The highest BCUT2D eigenvalue weighted by atomic mass is 32.1. The molecule has 1 aliphatic carbocycles. The van der Waals surface area contributed by atoms with Gasteiger partial charge < -0.3 is 15.3 Å². The number of fused-ring (bicyclic) bond motifs is 1. The number of rotatable bonds is 4. The molecule has 1 saturated carbocycles. The van der Waals surface area contributed by atoms with Gasteiger partial charge in [0.1, 0.15) is 11.3 Å². The molecular weight excluding hydrogens is 284 g/mol. The van der Waals surface area contributed by atoms with E-state index in [4.69, 9.17) is 12.2 Å². The van der Waals surface area contributed by atoms with E-state index in [1.807, 2.05) is 12.1 Å². The van der Waals surface area contributed by atoms with Gasteiger partial charge in [-0.05, 0) is 42.8 Å². The number of hydrogen-bond acceptors (Lipinski definition) is 5. The Morgan fingerprint density at radius 2 is 2.00 bits per heavy atom. The molecule has 3 heterocycles. The minimum atomic E-state index is 0.438. The monoisotopic (exact) mass is 298 g/mol. The summed E-state index contributed by atoms with van der Waals surface area (Å²) in [5, 5.41) is 3.32. The molecule has 7 heteroatoms. The second-order valence-corrected chi connectivity index (χ2v) is 5.61. The number of aromatic nitrogens is 5. The van der Waals surface area contributed by atoms with Gasteiger partial charge in [0.05, 0.1) is 0 Å². The van der Waals surface area contributed by atoms with Gasteiger partial charge in [0.2, 0.25) is 4.77 Å². The van der Waals surface area contributed by atoms with Crippen LogP contribution in [0.2, 0.25) is 0 Å². The number of nitrogens with zero attached hydrogens (tertiary/aromatic N) is 3. The Hall–Kier alpha value is -2.28. The fraction of sp³-hybridized carbons (Fsp3) is 0.286. The topological polar surface area (TPSA) is 82.3 Å². The minimum Gasteiger partial charge on any atom is -0.364 e. The van der Waals surface area contributed by atoms with Crippen LogP contribution in [-0.2, 0) is 6.54 Å². The molecule has 21 heavy (non-hydrogen) atoms. The van der Waals surface area contributed by atoms with E-state index in [-0.39, 0.29) is 0 Å². The summed E-state index contributed by atoms with van der Waals surface area (Å²) in [6.07, 6.45) is 5.96. The number of pyridine rings is 1. The zero-order valence-corrected chi connectivity index (χ0v) is 12.1. The van der Waals surface area contributed by atoms with Gasteiger partial charge in [-0.25, -0.2) is 9.97 Å². The Balaban J connectivity index is 1.68. The maximum atomic E-state index is 5.18. The first-order chi connectivity index (χ1) is 10.3. The maximum absolute atomic E-state index is 5.18. The van der Waals surface area contributed by atoms with Crippen molar-refractivity contribution in [3.8, 4) is 0 Å². The van der Waals surface area contributed by atoms with Gasteiger partial charge in [-0.3, -0.25) is 4.98 Å². The van der Waals surface area contributed by atoms with Crippen molar-refractivity contribution < 1.29 is 0 Å². The normalized spacial score (nSPS) is 14.5. The lowest BCUT2D eigenvalue weighted by Gasteiger charge is -2.06. The first kappa shape index (κ1) is 12.5. The van der Waals surface area contributed by atoms with E-state index >= 15 is 0 Å². The molecule has 0 aliphatic heterocycles. The lowest BCUT2D eigenvalue weighted by atomic mass is 10.3. The Labute approximate surface area is 126 Å². The van der Waals surface area contributed by atoms with E-state index in [1.54, 1.807) is 12.4 Å². The smallest absolute Gasteiger partial charge is 0.200 e. The third kappa shape index (κ3) is 2.52. The highest BCUT2D eigenvalue weighted by Gasteiger charge is 2.27. The van der Waals surface area contributed by atoms with Gasteiger partial charge in [0, 0.05) is 24.9 Å². The first-order valence-corrected chi connectivity index (χ1v) is 7.33. The van der Waals surface area contributed by atoms with Crippen molar-refractivity contribution >= 4 is 29.2 Å². The molecule has 4 rings (SSSR count). The van der Waals surface area contributed by atoms with Gasteiger partial charge in [-0.15, -0.1) is 0 Å². The standard InChI is InChI=1S/C14H14N6S/c21-14-19-12(16-7-8-3-5-15-6-4-8)10-13(20-14)18-11(17-10)9-1-2-9/h3-6,9H,1-2,7H2,(H3,16,17,18,19,20,21). The van der Waals surface area contributed by atoms with Crippen LogP contribution in [0.25, 0.3) is 11.2 Å². The van der Waals surface area contributed by atoms with Crippen LogP contribution in [0.3, 0.4) is 0 Å². The number of H-pyrrole nitrogens is 2. The lowest BCUT2D eigenvalue weighted by molar-refractivity contribution is 0.983. The molecule has 0 atom stereocenters. The number of nitrogens with one attached hydrogen (secondary N) is 3. The first-order valence-electron chi connectivity index (χ1n) is 6.92. The predicted octanol–water partition coefficient (Wildman–Crippen LogP) is 2.90. The van der Waals surface area contributed by atoms with Crippen LogP contribution in [0.1, 0.15) is 30.1 Å². The minimum absolute atomic E-state index is 0.438. The maximum Gasteiger partial charge on any atom is 0.200 e. The quantitative estimate of drug-likeness (QED) is 0.645. The molecule has 106 valence electrons. The number of aromatic amines is 2. The van der Waals surface area contributed by atoms with Gasteiger partial charge in [0.25, 0.3) is 0 Å². The summed E-state index contributed by atoms with van der Waals surface area (Å²) in [6, 6.07) is 3.94. The second kappa shape index (κ2) is 4.92. The molecule has 0 spiro atoms. The van der Waals surface area contributed by atoms with E-state index in [0.717, 1.165) is 28.4 Å². The molecule has 6 nitrogen and oxygen atoms in total. The molecule has 3 aromatic rings. The lowest BCUT2D eigenvalue weighted by Crippen LogP contribution is -2.03. The Bertz CT molecular complexity index is 834. The molecule has 0 bridgehead atoms. The fourth-order valence-electron chi connectivity index (χ4n) is 2.30. The van der Waals surface area contributed by atoms with Crippen LogP contribution >= 0.6 is 12.2 Å². The van der Waals surface area contributed by atoms with Crippen LogP contribution in [0.4, 0.5) is 5.82 Å². The Kier molecular flexibility index (Phi) is 2.92. The highest BCUT2D eigenvalue weighted by molar-refractivity contribution is 7.71. The van der Waals surface area contributed by atoms with Crippen molar-refractivity contribution in [2.24, 2.45) is 0 Å². The predicted molar refractivity (Wildman–Crippen MR) is 82.6 cm³/mol. The summed E-state index contributed by atoms with van der Waals surface area (Å²) in [6.45, 7) is 0.668. The molecule has 0 saturated heterocycles. The summed E-state index contributed by atoms with van der Waals surface area (Å²) < 4.78 is 0.438. The zero-order valence-electron chi connectivity index (χ0n) is 11.3. The van der Waals surface area contributed by atoms with Crippen LogP contribution < -0.4 is 5.32 Å². The zero-order chi connectivity index (χ0) is 14.2. The summed E-state index contributed by atoms with van der Waals surface area (Å²) in [5.41, 5.74) is 2.80. The Morgan fingerprint density at radius 1 is 1.19 bits per heavy atom. The van der Waals surface area contributed by atoms with Crippen LogP contribution in [0.5, 0.6) is 0 Å². The van der Waals surface area contributed by atoms with Crippen LogP contribution in [-0.4, -0.2) is 24.9 Å². The molecule has 0 unspecified atom stereocenters. The largest absolute Gasteiger partial charge is 0.364 e. The Morgan fingerprint density at radius 3 is 2.76 bits per heavy atom. The molecule has 1 aliphatic rings. The second-order valence-electron chi connectivity index (χ2n) is 5.22. The van der Waals surface area contributed by atoms with Crippen molar-refractivity contribution in [3.05, 3.63) is 40.7 Å². The van der Waals surface area contributed by atoms with Crippen molar-refractivity contribution in [2.75, 3.05) is 5.32 Å². The average Bonchev–Trinajstić information content (AvgIpc) is 3.26. The average molecular weight is 298 g/mol. The van der Waals surface area contributed by atoms with Crippen molar-refractivity contribution in [1.29, 1.82) is 0 Å². The molecule has 0 amide bonds. The summed E-state index contributed by atoms with van der Waals surface area (Å²) in [5.74, 6) is 2.33. The molecule has 3 aromatic heterocycles. The molecule has 0 radical (unpaired) electrons. The summed E-state index contributed by atoms with van der Waals surface area (Å²) >= 11 is 5.18. The van der Waals surface area contributed by atoms with E-state index in [9.17, 15) is 0 Å². The van der Waals surface area contributed by atoms with Crippen molar-refractivity contribution in [3.63, 3.8) is 0 Å².